The third-order valence-corrected chi connectivity index (χ3v) is 4.12. The van der Waals surface area contributed by atoms with E-state index in [-0.39, 0.29) is 0 Å². The Kier molecular flexibility index (Phi) is 4.67. The van der Waals surface area contributed by atoms with Crippen LogP contribution in [0, 0.1) is 24.2 Å². The molecule has 0 amide bonds. The van der Waals surface area contributed by atoms with Crippen LogP contribution in [0.1, 0.15) is 24.1 Å². The molecule has 0 saturated carbocycles. The molecule has 0 aromatic carbocycles. The third-order valence-electron chi connectivity index (χ3n) is 4.12. The van der Waals surface area contributed by atoms with Crippen molar-refractivity contribution < 1.29 is 4.74 Å². The Balaban J connectivity index is 1.55. The number of rotatable bonds is 4. The van der Waals surface area contributed by atoms with Crippen molar-refractivity contribution in [3.05, 3.63) is 42.0 Å². The first-order valence-corrected chi connectivity index (χ1v) is 7.78. The van der Waals surface area contributed by atoms with E-state index >= 15 is 0 Å². The minimum absolute atomic E-state index is 0.395. The summed E-state index contributed by atoms with van der Waals surface area (Å²) in [5.74, 6) is 1.90. The number of nitrogens with zero attached hydrogens (tertiary/aromatic N) is 5. The van der Waals surface area contributed by atoms with Gasteiger partial charge in [-0.3, -0.25) is 0 Å². The first kappa shape index (κ1) is 15.2. The number of pyridine rings is 1. The second-order valence-corrected chi connectivity index (χ2v) is 5.71. The Morgan fingerprint density at radius 1 is 1.22 bits per heavy atom. The molecule has 0 N–H and O–H groups in total. The van der Waals surface area contributed by atoms with Gasteiger partial charge in [0.25, 0.3) is 0 Å². The maximum atomic E-state index is 9.13. The van der Waals surface area contributed by atoms with E-state index in [4.69, 9.17) is 10.00 Å². The Hall–Kier alpha value is -2.68. The quantitative estimate of drug-likeness (QED) is 0.863. The molecule has 0 aliphatic carbocycles. The van der Waals surface area contributed by atoms with Crippen LogP contribution >= 0.6 is 0 Å². The lowest BCUT2D eigenvalue weighted by atomic mass is 9.98. The molecule has 6 nitrogen and oxygen atoms in total. The zero-order valence-corrected chi connectivity index (χ0v) is 13.1. The van der Waals surface area contributed by atoms with Crippen molar-refractivity contribution in [2.75, 3.05) is 24.6 Å². The molecule has 118 valence electrons. The molecule has 1 aliphatic rings. The number of hydrogen-bond donors (Lipinski definition) is 0. The molecular weight excluding hydrogens is 290 g/mol. The summed E-state index contributed by atoms with van der Waals surface area (Å²) in [4.78, 5) is 14.8. The highest BCUT2D eigenvalue weighted by molar-refractivity contribution is 5.49. The molecule has 1 aliphatic heterocycles. The molecule has 0 bridgehead atoms. The van der Waals surface area contributed by atoms with Gasteiger partial charge in [0.15, 0.2) is 11.5 Å². The molecule has 1 saturated heterocycles. The van der Waals surface area contributed by atoms with Gasteiger partial charge in [0.1, 0.15) is 6.07 Å². The van der Waals surface area contributed by atoms with Crippen LogP contribution in [0.15, 0.2) is 30.7 Å². The van der Waals surface area contributed by atoms with Crippen LogP contribution in [0.25, 0.3) is 0 Å². The number of ether oxygens (including phenoxy) is 1. The summed E-state index contributed by atoms with van der Waals surface area (Å²) in [6.45, 7) is 4.41. The zero-order valence-electron chi connectivity index (χ0n) is 13.1. The van der Waals surface area contributed by atoms with Gasteiger partial charge in [0.2, 0.25) is 5.88 Å². The number of anilines is 1. The molecule has 0 unspecified atom stereocenters. The number of aryl methyl sites for hydroxylation is 1. The van der Waals surface area contributed by atoms with Gasteiger partial charge in [-0.2, -0.15) is 5.26 Å². The smallest absolute Gasteiger partial charge is 0.216 e. The molecule has 3 rings (SSSR count). The first-order chi connectivity index (χ1) is 11.3. The maximum Gasteiger partial charge on any atom is 0.216 e. The van der Waals surface area contributed by atoms with E-state index in [0.29, 0.717) is 24.0 Å². The second-order valence-electron chi connectivity index (χ2n) is 5.71. The lowest BCUT2D eigenvalue weighted by molar-refractivity contribution is 0.214. The molecular formula is C17H19N5O. The van der Waals surface area contributed by atoms with Crippen molar-refractivity contribution in [1.82, 2.24) is 15.0 Å². The van der Waals surface area contributed by atoms with Crippen LogP contribution in [0.2, 0.25) is 0 Å². The second kappa shape index (κ2) is 7.05. The SMILES string of the molecule is Cc1cccnc1OCC1CCN(c2nccnc2C#N)CC1. The van der Waals surface area contributed by atoms with E-state index in [2.05, 4.69) is 25.9 Å². The van der Waals surface area contributed by atoms with Gasteiger partial charge in [0.05, 0.1) is 6.61 Å². The maximum absolute atomic E-state index is 9.13. The summed E-state index contributed by atoms with van der Waals surface area (Å²) in [7, 11) is 0. The van der Waals surface area contributed by atoms with Gasteiger partial charge in [0, 0.05) is 37.2 Å². The molecule has 2 aromatic rings. The molecule has 23 heavy (non-hydrogen) atoms. The van der Waals surface area contributed by atoms with Gasteiger partial charge >= 0.3 is 0 Å². The minimum atomic E-state index is 0.395. The Morgan fingerprint density at radius 2 is 2.00 bits per heavy atom. The van der Waals surface area contributed by atoms with E-state index in [1.54, 1.807) is 18.6 Å². The predicted octanol–water partition coefficient (Wildman–Crippen LogP) is 2.35. The van der Waals surface area contributed by atoms with Crippen LogP contribution in [0.5, 0.6) is 5.88 Å². The van der Waals surface area contributed by atoms with Crippen LogP contribution < -0.4 is 9.64 Å². The largest absolute Gasteiger partial charge is 0.477 e. The van der Waals surface area contributed by atoms with Crippen molar-refractivity contribution in [1.29, 1.82) is 5.26 Å². The average molecular weight is 309 g/mol. The minimum Gasteiger partial charge on any atom is -0.477 e. The Morgan fingerprint density at radius 3 is 2.74 bits per heavy atom. The highest BCUT2D eigenvalue weighted by Crippen LogP contribution is 2.24. The van der Waals surface area contributed by atoms with Gasteiger partial charge in [-0.05, 0) is 31.7 Å². The van der Waals surface area contributed by atoms with E-state index in [1.165, 1.54) is 0 Å². The fraction of sp³-hybridized carbons (Fsp3) is 0.412. The predicted molar refractivity (Wildman–Crippen MR) is 86.2 cm³/mol. The molecule has 6 heteroatoms. The summed E-state index contributed by atoms with van der Waals surface area (Å²) in [6, 6.07) is 6.02. The zero-order chi connectivity index (χ0) is 16.1. The summed E-state index contributed by atoms with van der Waals surface area (Å²) in [6.07, 6.45) is 6.95. The van der Waals surface area contributed by atoms with Crippen molar-refractivity contribution in [2.24, 2.45) is 5.92 Å². The van der Waals surface area contributed by atoms with Crippen molar-refractivity contribution in [2.45, 2.75) is 19.8 Å². The molecule has 0 radical (unpaired) electrons. The van der Waals surface area contributed by atoms with Crippen LogP contribution in [0.4, 0.5) is 5.82 Å². The van der Waals surface area contributed by atoms with E-state index in [1.807, 2.05) is 19.1 Å². The van der Waals surface area contributed by atoms with Crippen LogP contribution in [-0.4, -0.2) is 34.6 Å². The lowest BCUT2D eigenvalue weighted by Crippen LogP contribution is -2.36. The van der Waals surface area contributed by atoms with Crippen molar-refractivity contribution in [3.63, 3.8) is 0 Å². The standard InChI is InChI=1S/C17H19N5O/c1-13-3-2-6-21-17(13)23-12-14-4-9-22(10-5-14)16-15(11-18)19-7-8-20-16/h2-3,6-8,14H,4-5,9-10,12H2,1H3. The molecule has 3 heterocycles. The van der Waals surface area contributed by atoms with E-state index < -0.39 is 0 Å². The average Bonchev–Trinajstić information content (AvgIpc) is 2.61. The lowest BCUT2D eigenvalue weighted by Gasteiger charge is -2.32. The number of aromatic nitrogens is 3. The van der Waals surface area contributed by atoms with Crippen molar-refractivity contribution >= 4 is 5.82 Å². The number of nitriles is 1. The summed E-state index contributed by atoms with van der Waals surface area (Å²) < 4.78 is 5.85. The third kappa shape index (κ3) is 3.57. The van der Waals surface area contributed by atoms with Crippen LogP contribution in [0.3, 0.4) is 0 Å². The van der Waals surface area contributed by atoms with E-state index in [0.717, 1.165) is 37.4 Å². The van der Waals surface area contributed by atoms with Gasteiger partial charge < -0.3 is 9.64 Å². The fourth-order valence-electron chi connectivity index (χ4n) is 2.77. The topological polar surface area (TPSA) is 74.9 Å². The molecule has 2 aromatic heterocycles. The molecule has 0 spiro atoms. The van der Waals surface area contributed by atoms with Crippen molar-refractivity contribution in [3.8, 4) is 11.9 Å². The monoisotopic (exact) mass is 309 g/mol. The summed E-state index contributed by atoms with van der Waals surface area (Å²) in [5, 5.41) is 9.13. The number of piperidine rings is 1. The van der Waals surface area contributed by atoms with Crippen LogP contribution in [-0.2, 0) is 0 Å². The van der Waals surface area contributed by atoms with Gasteiger partial charge in [-0.1, -0.05) is 6.07 Å². The Bertz CT molecular complexity index is 704. The first-order valence-electron chi connectivity index (χ1n) is 7.78. The van der Waals surface area contributed by atoms with E-state index in [9.17, 15) is 0 Å². The normalized spacial score (nSPS) is 15.2. The summed E-state index contributed by atoms with van der Waals surface area (Å²) in [5.41, 5.74) is 1.45. The van der Waals surface area contributed by atoms with Gasteiger partial charge in [-0.25, -0.2) is 15.0 Å². The molecule has 1 fully saturated rings. The van der Waals surface area contributed by atoms with Gasteiger partial charge in [-0.15, -0.1) is 0 Å². The highest BCUT2D eigenvalue weighted by atomic mass is 16.5. The summed E-state index contributed by atoms with van der Waals surface area (Å²) >= 11 is 0. The Labute approximate surface area is 135 Å². The fourth-order valence-corrected chi connectivity index (χ4v) is 2.77. The number of hydrogen-bond acceptors (Lipinski definition) is 6. The highest BCUT2D eigenvalue weighted by Gasteiger charge is 2.23. The molecule has 0 atom stereocenters.